The summed E-state index contributed by atoms with van der Waals surface area (Å²) in [6.07, 6.45) is 0. The molecule has 242 valence electrons. The normalized spacial score (nSPS) is 17.8. The molecule has 4 aromatic rings. The van der Waals surface area contributed by atoms with Gasteiger partial charge in [-0.3, -0.25) is 4.79 Å². The third-order valence-electron chi connectivity index (χ3n) is 9.69. The molecule has 0 bridgehead atoms. The Morgan fingerprint density at radius 1 is 0.717 bits per heavy atom. The van der Waals surface area contributed by atoms with Gasteiger partial charge < -0.3 is 14.2 Å². The lowest BCUT2D eigenvalue weighted by Gasteiger charge is -2.36. The van der Waals surface area contributed by atoms with Gasteiger partial charge in [0.15, 0.2) is 0 Å². The Morgan fingerprint density at radius 3 is 1.61 bits per heavy atom. The van der Waals surface area contributed by atoms with Crippen molar-refractivity contribution in [1.82, 2.24) is 0 Å². The fourth-order valence-electron chi connectivity index (χ4n) is 6.82. The Morgan fingerprint density at radius 2 is 1.17 bits per heavy atom. The Bertz CT molecular complexity index is 1580. The Labute approximate surface area is 276 Å². The van der Waals surface area contributed by atoms with Gasteiger partial charge in [0, 0.05) is 17.0 Å². The first kappa shape index (κ1) is 33.5. The molecule has 0 N–H and O–H groups in total. The molecule has 2 atom stereocenters. The smallest absolute Gasteiger partial charge is 0.315 e. The summed E-state index contributed by atoms with van der Waals surface area (Å²) in [5.74, 6) is 0.985. The van der Waals surface area contributed by atoms with Crippen LogP contribution < -0.4 is 9.47 Å². The third kappa shape index (κ3) is 6.37. The van der Waals surface area contributed by atoms with Gasteiger partial charge in [0.1, 0.15) is 17.1 Å². The zero-order valence-corrected chi connectivity index (χ0v) is 29.2. The maximum Gasteiger partial charge on any atom is 0.315 e. The maximum atomic E-state index is 14.2. The van der Waals surface area contributed by atoms with Crippen molar-refractivity contribution in [3.63, 3.8) is 0 Å². The lowest BCUT2D eigenvalue weighted by Crippen LogP contribution is -2.34. The Hall–Kier alpha value is -3.89. The Kier molecular flexibility index (Phi) is 9.00. The zero-order chi connectivity index (χ0) is 33.5. The average Bonchev–Trinajstić information content (AvgIpc) is 3.58. The van der Waals surface area contributed by atoms with Crippen LogP contribution in [0.1, 0.15) is 88.8 Å². The molecule has 0 aliphatic heterocycles. The standard InChI is InChI=1S/C42H50O4/c1-28-25-33(39(2,3)4)37(34(26-28)40(5,6)7)46-38(43)36-35(41(36,8)9)27-45-42(29-17-13-11-14-18-29,30-19-15-12-16-20-30)31-21-23-32(44-10)24-22-31/h11-26,35-36H,27H2,1-10H3. The monoisotopic (exact) mass is 618 g/mol. The number of hydrogen-bond donors (Lipinski definition) is 0. The van der Waals surface area contributed by atoms with Crippen molar-refractivity contribution in [2.75, 3.05) is 13.7 Å². The molecule has 0 heterocycles. The van der Waals surface area contributed by atoms with Crippen LogP contribution in [0.25, 0.3) is 0 Å². The molecule has 1 aliphatic carbocycles. The zero-order valence-electron chi connectivity index (χ0n) is 29.2. The summed E-state index contributed by atoms with van der Waals surface area (Å²) in [6, 6.07) is 33.1. The first-order valence-corrected chi connectivity index (χ1v) is 16.4. The average molecular weight is 619 g/mol. The second-order valence-electron chi connectivity index (χ2n) is 15.5. The number of hydrogen-bond acceptors (Lipinski definition) is 4. The predicted molar refractivity (Wildman–Crippen MR) is 187 cm³/mol. The first-order chi connectivity index (χ1) is 21.6. The predicted octanol–water partition coefficient (Wildman–Crippen LogP) is 9.78. The molecule has 1 saturated carbocycles. The van der Waals surface area contributed by atoms with E-state index < -0.39 is 5.60 Å². The maximum absolute atomic E-state index is 14.2. The van der Waals surface area contributed by atoms with E-state index in [4.69, 9.17) is 14.2 Å². The molecule has 4 aromatic carbocycles. The van der Waals surface area contributed by atoms with E-state index in [1.807, 2.05) is 48.5 Å². The number of carbonyl (C=O) groups excluding carboxylic acids is 1. The summed E-state index contributed by atoms with van der Waals surface area (Å²) in [5.41, 5.74) is 4.77. The minimum absolute atomic E-state index is 0.0216. The van der Waals surface area contributed by atoms with Gasteiger partial charge in [0.2, 0.25) is 0 Å². The van der Waals surface area contributed by atoms with Crippen LogP contribution in [0, 0.1) is 24.2 Å². The molecule has 2 unspecified atom stereocenters. The molecular weight excluding hydrogens is 568 g/mol. The number of aryl methyl sites for hydroxylation is 1. The van der Waals surface area contributed by atoms with E-state index in [9.17, 15) is 4.79 Å². The number of esters is 1. The molecule has 0 aromatic heterocycles. The van der Waals surface area contributed by atoms with Crippen LogP contribution in [0.4, 0.5) is 0 Å². The van der Waals surface area contributed by atoms with Crippen LogP contribution >= 0.6 is 0 Å². The summed E-state index contributed by atoms with van der Waals surface area (Å²) in [6.45, 7) is 19.9. The third-order valence-corrected chi connectivity index (χ3v) is 9.69. The van der Waals surface area contributed by atoms with Crippen molar-refractivity contribution in [1.29, 1.82) is 0 Å². The van der Waals surface area contributed by atoms with Crippen molar-refractivity contribution < 1.29 is 19.0 Å². The molecule has 4 nitrogen and oxygen atoms in total. The molecule has 0 amide bonds. The minimum atomic E-state index is -0.891. The van der Waals surface area contributed by atoms with E-state index in [1.54, 1.807) is 7.11 Å². The van der Waals surface area contributed by atoms with Gasteiger partial charge in [-0.25, -0.2) is 0 Å². The lowest BCUT2D eigenvalue weighted by atomic mass is 9.78. The molecule has 0 spiro atoms. The highest BCUT2D eigenvalue weighted by molar-refractivity contribution is 5.81. The fraction of sp³-hybridized carbons (Fsp3) is 0.405. The lowest BCUT2D eigenvalue weighted by molar-refractivity contribution is -0.137. The van der Waals surface area contributed by atoms with Crippen LogP contribution in [0.15, 0.2) is 97.1 Å². The summed E-state index contributed by atoms with van der Waals surface area (Å²) in [7, 11) is 1.67. The van der Waals surface area contributed by atoms with Gasteiger partial charge in [0.05, 0.1) is 19.6 Å². The molecule has 1 fully saturated rings. The van der Waals surface area contributed by atoms with Crippen LogP contribution in [0.3, 0.4) is 0 Å². The van der Waals surface area contributed by atoms with Gasteiger partial charge in [0.25, 0.3) is 0 Å². The van der Waals surface area contributed by atoms with Crippen molar-refractivity contribution in [2.45, 2.75) is 78.7 Å². The van der Waals surface area contributed by atoms with Gasteiger partial charge in [-0.2, -0.15) is 0 Å². The number of ether oxygens (including phenoxy) is 3. The van der Waals surface area contributed by atoms with E-state index in [0.29, 0.717) is 12.4 Å². The van der Waals surface area contributed by atoms with E-state index >= 15 is 0 Å². The second kappa shape index (κ2) is 12.4. The van der Waals surface area contributed by atoms with Crippen LogP contribution in [-0.4, -0.2) is 19.7 Å². The van der Waals surface area contributed by atoms with Gasteiger partial charge in [-0.15, -0.1) is 0 Å². The van der Waals surface area contributed by atoms with E-state index in [0.717, 1.165) is 33.6 Å². The van der Waals surface area contributed by atoms with Crippen LogP contribution in [0.5, 0.6) is 11.5 Å². The van der Waals surface area contributed by atoms with Crippen molar-refractivity contribution in [3.05, 3.63) is 130 Å². The fourth-order valence-corrected chi connectivity index (χ4v) is 6.82. The summed E-state index contributed by atoms with van der Waals surface area (Å²) in [5, 5.41) is 0. The highest BCUT2D eigenvalue weighted by Gasteiger charge is 2.63. The number of carbonyl (C=O) groups is 1. The number of methoxy groups -OCH3 is 1. The molecule has 0 saturated heterocycles. The van der Waals surface area contributed by atoms with Crippen LogP contribution in [-0.2, 0) is 26.0 Å². The highest BCUT2D eigenvalue weighted by atomic mass is 16.5. The number of benzene rings is 4. The molecule has 0 radical (unpaired) electrons. The summed E-state index contributed by atoms with van der Waals surface area (Å²) >= 11 is 0. The van der Waals surface area contributed by atoms with E-state index in [2.05, 4.69) is 111 Å². The van der Waals surface area contributed by atoms with E-state index in [-0.39, 0.29) is 34.1 Å². The quantitative estimate of drug-likeness (QED) is 0.106. The second-order valence-corrected chi connectivity index (χ2v) is 15.5. The van der Waals surface area contributed by atoms with Crippen LogP contribution in [0.2, 0.25) is 0 Å². The largest absolute Gasteiger partial charge is 0.497 e. The first-order valence-electron chi connectivity index (χ1n) is 16.4. The van der Waals surface area contributed by atoms with Crippen molar-refractivity contribution in [3.8, 4) is 11.5 Å². The Balaban J connectivity index is 1.51. The van der Waals surface area contributed by atoms with Gasteiger partial charge >= 0.3 is 5.97 Å². The minimum Gasteiger partial charge on any atom is -0.497 e. The molecule has 46 heavy (non-hydrogen) atoms. The van der Waals surface area contributed by atoms with Crippen molar-refractivity contribution in [2.24, 2.45) is 17.3 Å². The molecule has 4 heteroatoms. The summed E-state index contributed by atoms with van der Waals surface area (Å²) < 4.78 is 19.1. The van der Waals surface area contributed by atoms with Crippen molar-refractivity contribution >= 4 is 5.97 Å². The van der Waals surface area contributed by atoms with E-state index in [1.165, 1.54) is 5.56 Å². The molecule has 1 aliphatic rings. The van der Waals surface area contributed by atoms with Gasteiger partial charge in [-0.05, 0) is 52.0 Å². The topological polar surface area (TPSA) is 44.8 Å². The molecular formula is C42H50O4. The highest BCUT2D eigenvalue weighted by Crippen LogP contribution is 2.60. The molecule has 5 rings (SSSR count). The van der Waals surface area contributed by atoms with Gasteiger partial charge in [-0.1, -0.05) is 146 Å². The number of rotatable bonds is 9. The SMILES string of the molecule is COc1ccc(C(OCC2C(C(=O)Oc3c(C(C)(C)C)cc(C)cc3C(C)(C)C)C2(C)C)(c2ccccc2)c2ccccc2)cc1. The summed E-state index contributed by atoms with van der Waals surface area (Å²) in [4.78, 5) is 14.2.